The lowest BCUT2D eigenvalue weighted by atomic mass is 9.91. The largest absolute Gasteiger partial charge is 0.481 e. The van der Waals surface area contributed by atoms with Crippen LogP contribution in [0.4, 0.5) is 0 Å². The standard InChI is InChI=1S/C30H31N5O4/c36-28-26(39-18-21-7-2-1-3-8-21)25-29(37)33(23-19-38-20-23)15-16-34(25)24(32-28)17-30(11-4-5-12-30)35-14-10-22-9-6-13-31-27(22)35/h1-3,6-10,13-14,23H,4-5,11-12,15-20H2. The number of pyridine rings is 1. The van der Waals surface area contributed by atoms with E-state index in [-0.39, 0.29) is 29.8 Å². The average Bonchev–Trinajstić information content (AvgIpc) is 3.57. The molecule has 4 aromatic rings. The van der Waals surface area contributed by atoms with Gasteiger partial charge in [0.2, 0.25) is 5.75 Å². The van der Waals surface area contributed by atoms with Crippen LogP contribution in [0.25, 0.3) is 11.0 Å². The first-order valence-corrected chi connectivity index (χ1v) is 13.7. The average molecular weight is 526 g/mol. The molecule has 2 fully saturated rings. The summed E-state index contributed by atoms with van der Waals surface area (Å²) in [6.45, 7) is 2.34. The van der Waals surface area contributed by atoms with E-state index in [4.69, 9.17) is 9.47 Å². The molecule has 3 aliphatic rings. The summed E-state index contributed by atoms with van der Waals surface area (Å²) in [6, 6.07) is 15.8. The van der Waals surface area contributed by atoms with Gasteiger partial charge in [0.25, 0.3) is 5.91 Å². The van der Waals surface area contributed by atoms with Gasteiger partial charge in [-0.25, -0.2) is 4.98 Å². The van der Waals surface area contributed by atoms with E-state index >= 15 is 0 Å². The minimum absolute atomic E-state index is 0.0263. The molecule has 0 radical (unpaired) electrons. The number of amides is 1. The van der Waals surface area contributed by atoms with Crippen LogP contribution in [0, 0.1) is 0 Å². The smallest absolute Gasteiger partial charge is 0.316 e. The maximum atomic E-state index is 13.9. The fourth-order valence-corrected chi connectivity index (χ4v) is 6.41. The summed E-state index contributed by atoms with van der Waals surface area (Å²) >= 11 is 0. The first kappa shape index (κ1) is 24.1. The fraction of sp³-hybridized carbons (Fsp3) is 0.400. The van der Waals surface area contributed by atoms with Crippen LogP contribution in [-0.2, 0) is 29.8 Å². The molecule has 0 spiro atoms. The highest BCUT2D eigenvalue weighted by Gasteiger charge is 2.42. The van der Waals surface area contributed by atoms with E-state index in [1.54, 1.807) is 0 Å². The summed E-state index contributed by atoms with van der Waals surface area (Å²) in [5.41, 5.74) is 1.42. The predicted octanol–water partition coefficient (Wildman–Crippen LogP) is 3.54. The number of hydrogen-bond donors (Lipinski definition) is 0. The molecule has 1 saturated heterocycles. The molecule has 9 heteroatoms. The molecule has 1 aromatic carbocycles. The zero-order valence-electron chi connectivity index (χ0n) is 21.8. The van der Waals surface area contributed by atoms with Crippen molar-refractivity contribution < 1.29 is 14.3 Å². The lowest BCUT2D eigenvalue weighted by Gasteiger charge is -2.41. The van der Waals surface area contributed by atoms with E-state index in [1.165, 1.54) is 0 Å². The molecule has 2 aliphatic heterocycles. The molecule has 9 nitrogen and oxygen atoms in total. The highest BCUT2D eigenvalue weighted by Crippen LogP contribution is 2.41. The number of aromatic nitrogens is 4. The third kappa shape index (κ3) is 4.12. The van der Waals surface area contributed by atoms with Gasteiger partial charge in [0, 0.05) is 37.3 Å². The van der Waals surface area contributed by atoms with E-state index in [2.05, 4.69) is 32.9 Å². The van der Waals surface area contributed by atoms with Crippen molar-refractivity contribution in [2.45, 2.75) is 56.8 Å². The van der Waals surface area contributed by atoms with Crippen molar-refractivity contribution in [2.75, 3.05) is 19.8 Å². The van der Waals surface area contributed by atoms with Crippen LogP contribution in [0.3, 0.4) is 0 Å². The molecule has 0 unspecified atom stereocenters. The molecule has 0 atom stereocenters. The summed E-state index contributed by atoms with van der Waals surface area (Å²) in [5.74, 6) is 0.484. The third-order valence-electron chi connectivity index (χ3n) is 8.52. The normalized spacial score (nSPS) is 18.8. The van der Waals surface area contributed by atoms with Crippen molar-refractivity contribution >= 4 is 16.9 Å². The third-order valence-corrected chi connectivity index (χ3v) is 8.52. The second-order valence-electron chi connectivity index (χ2n) is 10.8. The fourth-order valence-electron chi connectivity index (χ4n) is 6.41. The maximum Gasteiger partial charge on any atom is 0.316 e. The van der Waals surface area contributed by atoms with Gasteiger partial charge in [0.15, 0.2) is 5.69 Å². The number of benzene rings is 1. The Morgan fingerprint density at radius 3 is 2.59 bits per heavy atom. The van der Waals surface area contributed by atoms with Crippen LogP contribution in [0.5, 0.6) is 5.75 Å². The van der Waals surface area contributed by atoms with Crippen LogP contribution < -0.4 is 10.3 Å². The van der Waals surface area contributed by atoms with Gasteiger partial charge in [-0.15, -0.1) is 0 Å². The second kappa shape index (κ2) is 9.64. The molecular weight excluding hydrogens is 494 g/mol. The van der Waals surface area contributed by atoms with Gasteiger partial charge in [-0.3, -0.25) is 9.59 Å². The van der Waals surface area contributed by atoms with E-state index in [0.717, 1.165) is 42.3 Å². The molecule has 200 valence electrons. The Morgan fingerprint density at radius 1 is 1.00 bits per heavy atom. The summed E-state index contributed by atoms with van der Waals surface area (Å²) in [4.78, 5) is 38.5. The molecule has 1 aliphatic carbocycles. The number of fused-ring (bicyclic) bond motifs is 2. The van der Waals surface area contributed by atoms with E-state index < -0.39 is 5.56 Å². The van der Waals surface area contributed by atoms with E-state index in [1.807, 2.05) is 52.1 Å². The zero-order chi connectivity index (χ0) is 26.4. The quantitative estimate of drug-likeness (QED) is 0.367. The molecule has 7 rings (SSSR count). The first-order chi connectivity index (χ1) is 19.1. The van der Waals surface area contributed by atoms with Crippen LogP contribution in [-0.4, -0.2) is 55.7 Å². The van der Waals surface area contributed by atoms with Crippen LogP contribution in [0.15, 0.2) is 65.7 Å². The second-order valence-corrected chi connectivity index (χ2v) is 10.8. The number of carbonyl (C=O) groups is 1. The summed E-state index contributed by atoms with van der Waals surface area (Å²) < 4.78 is 15.7. The molecule has 0 N–H and O–H groups in total. The summed E-state index contributed by atoms with van der Waals surface area (Å²) in [6.07, 6.45) is 8.59. The minimum Gasteiger partial charge on any atom is -0.481 e. The van der Waals surface area contributed by atoms with Crippen LogP contribution in [0.2, 0.25) is 0 Å². The maximum absolute atomic E-state index is 13.9. The molecule has 3 aromatic heterocycles. The van der Waals surface area contributed by atoms with Gasteiger partial charge in [0.05, 0.1) is 24.8 Å². The Morgan fingerprint density at radius 2 is 1.82 bits per heavy atom. The highest BCUT2D eigenvalue weighted by atomic mass is 16.5. The molecule has 1 amide bonds. The predicted molar refractivity (Wildman–Crippen MR) is 145 cm³/mol. The Hall–Kier alpha value is -3.98. The number of ether oxygens (including phenoxy) is 2. The lowest BCUT2D eigenvalue weighted by molar-refractivity contribution is -0.0576. The van der Waals surface area contributed by atoms with E-state index in [9.17, 15) is 9.59 Å². The molecule has 39 heavy (non-hydrogen) atoms. The molecular formula is C30H31N5O4. The number of hydrogen-bond acceptors (Lipinski definition) is 6. The number of rotatable bonds is 7. The Bertz CT molecular complexity index is 1580. The minimum atomic E-state index is -0.490. The number of nitrogens with zero attached hydrogens (tertiary/aromatic N) is 5. The van der Waals surface area contributed by atoms with Crippen molar-refractivity contribution in [1.82, 2.24) is 24.0 Å². The van der Waals surface area contributed by atoms with Crippen LogP contribution >= 0.6 is 0 Å². The molecule has 1 saturated carbocycles. The van der Waals surface area contributed by atoms with Gasteiger partial charge >= 0.3 is 5.56 Å². The topological polar surface area (TPSA) is 91.5 Å². The summed E-state index contributed by atoms with van der Waals surface area (Å²) in [7, 11) is 0. The Labute approximate surface area is 226 Å². The van der Waals surface area contributed by atoms with Gasteiger partial charge in [-0.2, -0.15) is 4.98 Å². The van der Waals surface area contributed by atoms with Crippen LogP contribution in [0.1, 0.15) is 47.6 Å². The van der Waals surface area contributed by atoms with Gasteiger partial charge in [-0.05, 0) is 36.6 Å². The van der Waals surface area contributed by atoms with Crippen molar-refractivity contribution in [3.8, 4) is 5.75 Å². The molecule has 5 heterocycles. The van der Waals surface area contributed by atoms with Crippen molar-refractivity contribution in [3.63, 3.8) is 0 Å². The van der Waals surface area contributed by atoms with Gasteiger partial charge in [-0.1, -0.05) is 43.2 Å². The van der Waals surface area contributed by atoms with Crippen molar-refractivity contribution in [1.29, 1.82) is 0 Å². The SMILES string of the molecule is O=C1c2c(OCc3ccccc3)c(=O)nc(CC3(n4ccc5cccnc54)CCCC3)n2CCN1C1COC1. The van der Waals surface area contributed by atoms with Crippen molar-refractivity contribution in [2.24, 2.45) is 0 Å². The Balaban J connectivity index is 1.31. The monoisotopic (exact) mass is 525 g/mol. The summed E-state index contributed by atoms with van der Waals surface area (Å²) in [5, 5.41) is 1.09. The first-order valence-electron chi connectivity index (χ1n) is 13.7. The zero-order valence-corrected chi connectivity index (χ0v) is 21.8. The molecule has 0 bridgehead atoms. The van der Waals surface area contributed by atoms with Gasteiger partial charge in [0.1, 0.15) is 18.1 Å². The van der Waals surface area contributed by atoms with Gasteiger partial charge < -0.3 is 23.5 Å². The highest BCUT2D eigenvalue weighted by molar-refractivity contribution is 5.96. The number of carbonyl (C=O) groups excluding carboxylic acids is 1. The van der Waals surface area contributed by atoms with E-state index in [0.29, 0.717) is 44.2 Å². The van der Waals surface area contributed by atoms with Crippen molar-refractivity contribution in [3.05, 3.63) is 88.4 Å². The lowest BCUT2D eigenvalue weighted by Crippen LogP contribution is -2.56. The Kier molecular flexibility index (Phi) is 5.96.